The van der Waals surface area contributed by atoms with Crippen LogP contribution in [0.1, 0.15) is 52.9 Å². The van der Waals surface area contributed by atoms with Crippen molar-refractivity contribution >= 4 is 5.91 Å². The maximum atomic E-state index is 13.0. The maximum Gasteiger partial charge on any atom is 0.251 e. The van der Waals surface area contributed by atoms with E-state index in [-0.39, 0.29) is 18.4 Å². The minimum atomic E-state index is -0.234. The SMILES string of the molecule is Cc1ccc(-c2cc(C(=O)NCc3cnc(C)cn3)cc(-n3nnnc3C(C)C)c2)nc1. The number of aryl methyl sites for hydroxylation is 2. The summed E-state index contributed by atoms with van der Waals surface area (Å²) < 4.78 is 1.66. The Hall–Kier alpha value is -4.01. The van der Waals surface area contributed by atoms with Gasteiger partial charge in [0, 0.05) is 29.4 Å². The van der Waals surface area contributed by atoms with Gasteiger partial charge in [0.25, 0.3) is 5.91 Å². The maximum absolute atomic E-state index is 13.0. The second kappa shape index (κ2) is 9.01. The standard InChI is InChI=1S/C23H24N8O/c1-14(2)22-28-29-30-31(22)20-8-17(21-6-5-15(3)10-26-21)7-18(9-20)23(32)27-13-19-12-24-16(4)11-25-19/h5-12,14H,13H2,1-4H3,(H,27,32). The molecule has 3 heterocycles. The molecule has 4 rings (SSSR count). The molecule has 4 aromatic rings. The van der Waals surface area contributed by atoms with Crippen molar-refractivity contribution in [1.82, 2.24) is 40.5 Å². The van der Waals surface area contributed by atoms with Crippen LogP contribution in [0.15, 0.2) is 48.9 Å². The Kier molecular flexibility index (Phi) is 5.98. The van der Waals surface area contributed by atoms with E-state index in [0.717, 1.165) is 22.5 Å². The van der Waals surface area contributed by atoms with Crippen LogP contribution in [0.25, 0.3) is 16.9 Å². The molecule has 0 bridgehead atoms. The summed E-state index contributed by atoms with van der Waals surface area (Å²) in [6, 6.07) is 9.44. The number of nitrogens with one attached hydrogen (secondary N) is 1. The van der Waals surface area contributed by atoms with Crippen molar-refractivity contribution < 1.29 is 4.79 Å². The fourth-order valence-corrected chi connectivity index (χ4v) is 3.17. The van der Waals surface area contributed by atoms with Crippen molar-refractivity contribution in [2.45, 2.75) is 40.2 Å². The molecule has 9 heteroatoms. The van der Waals surface area contributed by atoms with Gasteiger partial charge in [-0.15, -0.1) is 5.10 Å². The van der Waals surface area contributed by atoms with Crippen LogP contribution in [0, 0.1) is 13.8 Å². The van der Waals surface area contributed by atoms with Gasteiger partial charge in [-0.3, -0.25) is 19.7 Å². The van der Waals surface area contributed by atoms with E-state index in [1.807, 2.05) is 52.0 Å². The lowest BCUT2D eigenvalue weighted by atomic mass is 10.0. The number of nitrogens with zero attached hydrogens (tertiary/aromatic N) is 7. The Morgan fingerprint density at radius 1 is 1.03 bits per heavy atom. The molecule has 1 aromatic carbocycles. The Morgan fingerprint density at radius 2 is 1.88 bits per heavy atom. The molecule has 0 spiro atoms. The number of amides is 1. The van der Waals surface area contributed by atoms with Gasteiger partial charge in [-0.05, 0) is 54.1 Å². The second-order valence-electron chi connectivity index (χ2n) is 7.92. The van der Waals surface area contributed by atoms with Crippen LogP contribution >= 0.6 is 0 Å². The van der Waals surface area contributed by atoms with Crippen molar-refractivity contribution in [2.75, 3.05) is 0 Å². The number of tetrazole rings is 1. The molecule has 32 heavy (non-hydrogen) atoms. The highest BCUT2D eigenvalue weighted by Crippen LogP contribution is 2.24. The molecule has 0 saturated heterocycles. The second-order valence-corrected chi connectivity index (χ2v) is 7.92. The summed E-state index contributed by atoms with van der Waals surface area (Å²) in [7, 11) is 0. The third-order valence-electron chi connectivity index (χ3n) is 4.91. The average molecular weight is 429 g/mol. The lowest BCUT2D eigenvalue weighted by molar-refractivity contribution is 0.0950. The summed E-state index contributed by atoms with van der Waals surface area (Å²) in [5.74, 6) is 0.589. The minimum Gasteiger partial charge on any atom is -0.346 e. The van der Waals surface area contributed by atoms with Crippen molar-refractivity contribution in [3.05, 3.63) is 77.3 Å². The summed E-state index contributed by atoms with van der Waals surface area (Å²) in [6.07, 6.45) is 5.13. The van der Waals surface area contributed by atoms with Crippen LogP contribution in [0.2, 0.25) is 0 Å². The third kappa shape index (κ3) is 4.66. The van der Waals surface area contributed by atoms with Gasteiger partial charge < -0.3 is 5.32 Å². The van der Waals surface area contributed by atoms with Gasteiger partial charge in [-0.1, -0.05) is 19.9 Å². The van der Waals surface area contributed by atoms with E-state index < -0.39 is 0 Å². The number of aromatic nitrogens is 7. The molecule has 0 radical (unpaired) electrons. The van der Waals surface area contributed by atoms with Crippen LogP contribution in [0.3, 0.4) is 0 Å². The predicted molar refractivity (Wildman–Crippen MR) is 119 cm³/mol. The fraction of sp³-hybridized carbons (Fsp3) is 0.261. The molecule has 0 atom stereocenters. The van der Waals surface area contributed by atoms with E-state index in [1.54, 1.807) is 29.3 Å². The van der Waals surface area contributed by atoms with Gasteiger partial charge in [-0.25, -0.2) is 0 Å². The van der Waals surface area contributed by atoms with Crippen LogP contribution in [0.4, 0.5) is 0 Å². The van der Waals surface area contributed by atoms with Gasteiger partial charge in [0.2, 0.25) is 0 Å². The zero-order valence-corrected chi connectivity index (χ0v) is 18.4. The fourth-order valence-electron chi connectivity index (χ4n) is 3.17. The number of carbonyl (C=O) groups excluding carboxylic acids is 1. The number of hydrogen-bond donors (Lipinski definition) is 1. The summed E-state index contributed by atoms with van der Waals surface area (Å²) in [4.78, 5) is 26.0. The quantitative estimate of drug-likeness (QED) is 0.502. The van der Waals surface area contributed by atoms with E-state index in [2.05, 4.69) is 35.8 Å². The first-order chi connectivity index (χ1) is 15.4. The molecule has 0 aliphatic heterocycles. The first-order valence-electron chi connectivity index (χ1n) is 10.3. The van der Waals surface area contributed by atoms with Crippen LogP contribution in [-0.4, -0.2) is 41.1 Å². The summed E-state index contributed by atoms with van der Waals surface area (Å²) in [5, 5.41) is 15.0. The van der Waals surface area contributed by atoms with Crippen LogP contribution < -0.4 is 5.32 Å². The Balaban J connectivity index is 1.71. The Labute approximate surface area is 186 Å². The van der Waals surface area contributed by atoms with Crippen molar-refractivity contribution in [3.8, 4) is 16.9 Å². The highest BCUT2D eigenvalue weighted by molar-refractivity contribution is 5.96. The highest BCUT2D eigenvalue weighted by atomic mass is 16.1. The van der Waals surface area contributed by atoms with Gasteiger partial charge in [0.15, 0.2) is 5.82 Å². The number of hydrogen-bond acceptors (Lipinski definition) is 7. The minimum absolute atomic E-state index is 0.114. The molecule has 0 fully saturated rings. The van der Waals surface area contributed by atoms with Gasteiger partial charge in [-0.2, -0.15) is 4.68 Å². The predicted octanol–water partition coefficient (Wildman–Crippen LogP) is 3.18. The zero-order chi connectivity index (χ0) is 22.7. The lowest BCUT2D eigenvalue weighted by Gasteiger charge is -2.12. The molecular formula is C23H24N8O. The summed E-state index contributed by atoms with van der Waals surface area (Å²) in [6.45, 7) is 8.16. The molecule has 0 unspecified atom stereocenters. The molecule has 9 nitrogen and oxygen atoms in total. The van der Waals surface area contributed by atoms with Gasteiger partial charge >= 0.3 is 0 Å². The van der Waals surface area contributed by atoms with E-state index >= 15 is 0 Å². The van der Waals surface area contributed by atoms with Gasteiger partial charge in [0.1, 0.15) is 0 Å². The van der Waals surface area contributed by atoms with Crippen molar-refractivity contribution in [2.24, 2.45) is 0 Å². The number of carbonyl (C=O) groups is 1. The summed E-state index contributed by atoms with van der Waals surface area (Å²) >= 11 is 0. The Bertz CT molecular complexity index is 1230. The first-order valence-corrected chi connectivity index (χ1v) is 10.3. The first kappa shape index (κ1) is 21.2. The zero-order valence-electron chi connectivity index (χ0n) is 18.4. The van der Waals surface area contributed by atoms with Crippen molar-refractivity contribution in [3.63, 3.8) is 0 Å². The average Bonchev–Trinajstić information content (AvgIpc) is 3.29. The molecule has 0 aliphatic rings. The lowest BCUT2D eigenvalue weighted by Crippen LogP contribution is -2.23. The monoisotopic (exact) mass is 428 g/mol. The normalized spacial score (nSPS) is 11.0. The number of pyridine rings is 1. The molecule has 162 valence electrons. The third-order valence-corrected chi connectivity index (χ3v) is 4.91. The van der Waals surface area contributed by atoms with Gasteiger partial charge in [0.05, 0.1) is 35.5 Å². The van der Waals surface area contributed by atoms with Crippen LogP contribution in [-0.2, 0) is 6.54 Å². The molecule has 0 aliphatic carbocycles. The molecular weight excluding hydrogens is 404 g/mol. The molecule has 1 amide bonds. The largest absolute Gasteiger partial charge is 0.346 e. The highest BCUT2D eigenvalue weighted by Gasteiger charge is 2.16. The summed E-state index contributed by atoms with van der Waals surface area (Å²) in [5.41, 5.74) is 5.30. The van der Waals surface area contributed by atoms with E-state index in [4.69, 9.17) is 0 Å². The van der Waals surface area contributed by atoms with Crippen molar-refractivity contribution in [1.29, 1.82) is 0 Å². The smallest absolute Gasteiger partial charge is 0.251 e. The molecule has 0 saturated carbocycles. The molecule has 3 aromatic heterocycles. The van der Waals surface area contributed by atoms with Crippen LogP contribution in [0.5, 0.6) is 0 Å². The number of rotatable bonds is 6. The van der Waals surface area contributed by atoms with E-state index in [9.17, 15) is 4.79 Å². The van der Waals surface area contributed by atoms with E-state index in [0.29, 0.717) is 22.8 Å². The van der Waals surface area contributed by atoms with E-state index in [1.165, 1.54) is 0 Å². The topological polar surface area (TPSA) is 111 Å². The molecule has 1 N–H and O–H groups in total. The number of benzene rings is 1. The Morgan fingerprint density at radius 3 is 2.56 bits per heavy atom.